The maximum atomic E-state index is 13.0. The molecule has 27 heavy (non-hydrogen) atoms. The van der Waals surface area contributed by atoms with Crippen molar-refractivity contribution in [3.8, 4) is 0 Å². The Labute approximate surface area is 161 Å². The number of amides is 1. The van der Waals surface area contributed by atoms with Gasteiger partial charge in [-0.1, -0.05) is 29.8 Å². The molecule has 4 heteroatoms. The summed E-state index contributed by atoms with van der Waals surface area (Å²) in [6.07, 6.45) is 11.2. The molecule has 1 aliphatic carbocycles. The van der Waals surface area contributed by atoms with Crippen LogP contribution in [0.3, 0.4) is 0 Å². The predicted molar refractivity (Wildman–Crippen MR) is 110 cm³/mol. The molecule has 0 bridgehead atoms. The van der Waals surface area contributed by atoms with Gasteiger partial charge in [0.25, 0.3) is 5.91 Å². The van der Waals surface area contributed by atoms with Crippen LogP contribution in [0.1, 0.15) is 54.9 Å². The van der Waals surface area contributed by atoms with Crippen LogP contribution in [0.5, 0.6) is 0 Å². The Kier molecular flexibility index (Phi) is 5.23. The minimum absolute atomic E-state index is 0.0267. The van der Waals surface area contributed by atoms with E-state index in [1.807, 2.05) is 35.2 Å². The number of nitrogens with one attached hydrogen (secondary N) is 1. The third-order valence-corrected chi connectivity index (χ3v) is 5.57. The fraction of sp³-hybridized carbons (Fsp3) is 0.391. The average Bonchev–Trinajstić information content (AvgIpc) is 3.04. The zero-order chi connectivity index (χ0) is 18.6. The Bertz CT molecular complexity index is 841. The fourth-order valence-electron chi connectivity index (χ4n) is 4.12. The van der Waals surface area contributed by atoms with Gasteiger partial charge in [0.1, 0.15) is 5.82 Å². The highest BCUT2D eigenvalue weighted by atomic mass is 16.2. The maximum absolute atomic E-state index is 13.0. The number of anilines is 2. The molecule has 0 fully saturated rings. The van der Waals surface area contributed by atoms with Crippen molar-refractivity contribution < 1.29 is 4.79 Å². The van der Waals surface area contributed by atoms with E-state index in [1.165, 1.54) is 31.2 Å². The van der Waals surface area contributed by atoms with Crippen molar-refractivity contribution in [2.24, 2.45) is 0 Å². The van der Waals surface area contributed by atoms with Crippen LogP contribution >= 0.6 is 0 Å². The smallest absolute Gasteiger partial charge is 0.260 e. The standard InChI is InChI=1S/C23H27N3O/c1-17-15-19-9-5-6-10-21(19)26(17)23(27)20-11-12-22(25-16-20)24-14-13-18-7-3-2-4-8-18/h5-7,9-12,16-17H,2-4,8,13-15H2,1H3,(H,24,25). The second kappa shape index (κ2) is 7.95. The van der Waals surface area contributed by atoms with Crippen LogP contribution in [0, 0.1) is 0 Å². The number of rotatable bonds is 5. The summed E-state index contributed by atoms with van der Waals surface area (Å²) >= 11 is 0. The fourth-order valence-corrected chi connectivity index (χ4v) is 4.12. The largest absolute Gasteiger partial charge is 0.370 e. The summed E-state index contributed by atoms with van der Waals surface area (Å²) in [5.74, 6) is 0.858. The number of nitrogens with zero attached hydrogens (tertiary/aromatic N) is 2. The molecule has 4 rings (SSSR count). The number of hydrogen-bond donors (Lipinski definition) is 1. The lowest BCUT2D eigenvalue weighted by molar-refractivity contribution is 0.0981. The Balaban J connectivity index is 1.38. The molecule has 2 aromatic rings. The topological polar surface area (TPSA) is 45.2 Å². The highest BCUT2D eigenvalue weighted by Gasteiger charge is 2.31. The first-order valence-electron chi connectivity index (χ1n) is 10.0. The number of aromatic nitrogens is 1. The number of carbonyl (C=O) groups is 1. The Morgan fingerprint density at radius 2 is 2.11 bits per heavy atom. The van der Waals surface area contributed by atoms with Gasteiger partial charge in [-0.25, -0.2) is 4.98 Å². The van der Waals surface area contributed by atoms with Crippen molar-refractivity contribution in [2.75, 3.05) is 16.8 Å². The molecular weight excluding hydrogens is 334 g/mol. The molecule has 1 unspecified atom stereocenters. The van der Waals surface area contributed by atoms with E-state index in [0.29, 0.717) is 5.56 Å². The molecule has 1 amide bonds. The van der Waals surface area contributed by atoms with Crippen LogP contribution in [0.15, 0.2) is 54.2 Å². The minimum Gasteiger partial charge on any atom is -0.370 e. The van der Waals surface area contributed by atoms with E-state index in [1.54, 1.807) is 11.8 Å². The molecule has 1 aromatic heterocycles. The van der Waals surface area contributed by atoms with E-state index in [0.717, 1.165) is 30.9 Å². The molecule has 4 nitrogen and oxygen atoms in total. The number of para-hydroxylation sites is 1. The minimum atomic E-state index is 0.0267. The van der Waals surface area contributed by atoms with Gasteiger partial charge in [-0.3, -0.25) is 4.79 Å². The lowest BCUT2D eigenvalue weighted by Gasteiger charge is -2.22. The number of hydrogen-bond acceptors (Lipinski definition) is 3. The summed E-state index contributed by atoms with van der Waals surface area (Å²) in [5.41, 5.74) is 4.46. The van der Waals surface area contributed by atoms with Gasteiger partial charge in [-0.05, 0) is 69.2 Å². The van der Waals surface area contributed by atoms with Gasteiger partial charge >= 0.3 is 0 Å². The monoisotopic (exact) mass is 361 g/mol. The van der Waals surface area contributed by atoms with E-state index in [4.69, 9.17) is 0 Å². The van der Waals surface area contributed by atoms with Gasteiger partial charge < -0.3 is 10.2 Å². The third-order valence-electron chi connectivity index (χ3n) is 5.57. The number of allylic oxidation sites excluding steroid dienone is 1. The van der Waals surface area contributed by atoms with Crippen LogP contribution in [-0.4, -0.2) is 23.5 Å². The third kappa shape index (κ3) is 3.90. The van der Waals surface area contributed by atoms with Crippen molar-refractivity contribution in [3.05, 3.63) is 65.4 Å². The van der Waals surface area contributed by atoms with Crippen LogP contribution < -0.4 is 10.2 Å². The second-order valence-corrected chi connectivity index (χ2v) is 7.57. The van der Waals surface area contributed by atoms with Crippen LogP contribution in [0.4, 0.5) is 11.5 Å². The first-order chi connectivity index (χ1) is 13.2. The summed E-state index contributed by atoms with van der Waals surface area (Å²) in [6, 6.07) is 12.1. The zero-order valence-electron chi connectivity index (χ0n) is 15.9. The molecule has 1 atom stereocenters. The van der Waals surface area contributed by atoms with Crippen molar-refractivity contribution in [1.82, 2.24) is 4.98 Å². The number of carbonyl (C=O) groups excluding carboxylic acids is 1. The van der Waals surface area contributed by atoms with E-state index in [2.05, 4.69) is 29.4 Å². The number of benzene rings is 1. The summed E-state index contributed by atoms with van der Waals surface area (Å²) in [5, 5.41) is 3.38. The SMILES string of the molecule is CC1Cc2ccccc2N1C(=O)c1ccc(NCCC2=CCCCC2)nc1. The quantitative estimate of drug-likeness (QED) is 0.764. The summed E-state index contributed by atoms with van der Waals surface area (Å²) in [7, 11) is 0. The van der Waals surface area contributed by atoms with Gasteiger partial charge in [0.05, 0.1) is 5.56 Å². The average molecular weight is 361 g/mol. The van der Waals surface area contributed by atoms with E-state index in [9.17, 15) is 4.79 Å². The molecule has 0 spiro atoms. The lowest BCUT2D eigenvalue weighted by atomic mass is 9.97. The van der Waals surface area contributed by atoms with E-state index >= 15 is 0 Å². The highest BCUT2D eigenvalue weighted by molar-refractivity contribution is 6.07. The summed E-state index contributed by atoms with van der Waals surface area (Å²) in [6.45, 7) is 2.99. The van der Waals surface area contributed by atoms with Crippen molar-refractivity contribution in [3.63, 3.8) is 0 Å². The summed E-state index contributed by atoms with van der Waals surface area (Å²) in [4.78, 5) is 19.4. The predicted octanol–water partition coefficient (Wildman–Crippen LogP) is 4.98. The molecule has 2 aliphatic rings. The van der Waals surface area contributed by atoms with Gasteiger partial charge in [-0.15, -0.1) is 0 Å². The van der Waals surface area contributed by atoms with Gasteiger partial charge in [-0.2, -0.15) is 0 Å². The van der Waals surface area contributed by atoms with E-state index in [-0.39, 0.29) is 11.9 Å². The molecule has 140 valence electrons. The molecule has 0 saturated carbocycles. The first-order valence-corrected chi connectivity index (χ1v) is 10.0. The second-order valence-electron chi connectivity index (χ2n) is 7.57. The lowest BCUT2D eigenvalue weighted by Crippen LogP contribution is -2.35. The molecule has 0 saturated heterocycles. The first kappa shape index (κ1) is 17.8. The van der Waals surface area contributed by atoms with Crippen molar-refractivity contribution in [1.29, 1.82) is 0 Å². The van der Waals surface area contributed by atoms with Gasteiger partial charge in [0.15, 0.2) is 0 Å². The number of pyridine rings is 1. The summed E-state index contributed by atoms with van der Waals surface area (Å²) < 4.78 is 0. The van der Waals surface area contributed by atoms with Crippen molar-refractivity contribution in [2.45, 2.75) is 51.5 Å². The molecular formula is C23H27N3O. The Morgan fingerprint density at radius 1 is 1.22 bits per heavy atom. The van der Waals surface area contributed by atoms with Crippen LogP contribution in [-0.2, 0) is 6.42 Å². The molecule has 1 aliphatic heterocycles. The van der Waals surface area contributed by atoms with Crippen molar-refractivity contribution >= 4 is 17.4 Å². The van der Waals surface area contributed by atoms with E-state index < -0.39 is 0 Å². The number of fused-ring (bicyclic) bond motifs is 1. The molecule has 1 N–H and O–H groups in total. The molecule has 1 aromatic carbocycles. The normalized spacial score (nSPS) is 18.8. The molecule has 0 radical (unpaired) electrons. The Hall–Kier alpha value is -2.62. The van der Waals surface area contributed by atoms with Gasteiger partial charge in [0.2, 0.25) is 0 Å². The maximum Gasteiger partial charge on any atom is 0.260 e. The Morgan fingerprint density at radius 3 is 2.89 bits per heavy atom. The van der Waals surface area contributed by atoms with Gasteiger partial charge in [0, 0.05) is 24.5 Å². The van der Waals surface area contributed by atoms with Crippen LogP contribution in [0.2, 0.25) is 0 Å². The molecule has 2 heterocycles. The van der Waals surface area contributed by atoms with Crippen LogP contribution in [0.25, 0.3) is 0 Å². The zero-order valence-corrected chi connectivity index (χ0v) is 15.9. The highest BCUT2D eigenvalue weighted by Crippen LogP contribution is 2.33.